The first-order valence-corrected chi connectivity index (χ1v) is 7.35. The van der Waals surface area contributed by atoms with Gasteiger partial charge in [-0.25, -0.2) is 0 Å². The number of amides is 1. The predicted molar refractivity (Wildman–Crippen MR) is 83.4 cm³/mol. The Morgan fingerprint density at radius 2 is 2.14 bits per heavy atom. The average Bonchev–Trinajstić information content (AvgIpc) is 2.41. The van der Waals surface area contributed by atoms with Crippen LogP contribution >= 0.6 is 0 Å². The first-order valence-electron chi connectivity index (χ1n) is 7.35. The third kappa shape index (κ3) is 8.32. The van der Waals surface area contributed by atoms with Crippen LogP contribution in [0.1, 0.15) is 25.8 Å². The maximum absolute atomic E-state index is 11.4. The Hall–Kier alpha value is -1.59. The summed E-state index contributed by atoms with van der Waals surface area (Å²) in [5.41, 5.74) is 1.12. The lowest BCUT2D eigenvalue weighted by Crippen LogP contribution is -2.35. The lowest BCUT2D eigenvalue weighted by atomic mass is 10.2. The highest BCUT2D eigenvalue weighted by molar-refractivity contribution is 5.76. The number of aliphatic hydroxyl groups is 1. The van der Waals surface area contributed by atoms with Crippen LogP contribution in [-0.2, 0) is 4.79 Å². The summed E-state index contributed by atoms with van der Waals surface area (Å²) >= 11 is 0. The molecule has 5 nitrogen and oxygen atoms in total. The minimum absolute atomic E-state index is 0.0167. The number of ether oxygens (including phenoxy) is 1. The molecule has 0 aliphatic rings. The van der Waals surface area contributed by atoms with Crippen LogP contribution in [0.25, 0.3) is 0 Å². The lowest BCUT2D eigenvalue weighted by molar-refractivity contribution is -0.121. The Morgan fingerprint density at radius 3 is 2.81 bits per heavy atom. The highest BCUT2D eigenvalue weighted by Crippen LogP contribution is 2.12. The third-order valence-electron chi connectivity index (χ3n) is 2.79. The lowest BCUT2D eigenvalue weighted by Gasteiger charge is -2.14. The number of rotatable bonds is 9. The molecule has 0 radical (unpaired) electrons. The van der Waals surface area contributed by atoms with Gasteiger partial charge in [-0.1, -0.05) is 12.1 Å². The quantitative estimate of drug-likeness (QED) is 0.599. The molecule has 1 aromatic rings. The van der Waals surface area contributed by atoms with Gasteiger partial charge in [-0.2, -0.15) is 0 Å². The average molecular weight is 294 g/mol. The van der Waals surface area contributed by atoms with E-state index in [4.69, 9.17) is 4.74 Å². The van der Waals surface area contributed by atoms with Gasteiger partial charge >= 0.3 is 0 Å². The maximum atomic E-state index is 11.4. The fraction of sp³-hybridized carbons (Fsp3) is 0.562. The topological polar surface area (TPSA) is 70.6 Å². The number of hydrogen-bond acceptors (Lipinski definition) is 4. The van der Waals surface area contributed by atoms with Gasteiger partial charge in [-0.15, -0.1) is 0 Å². The number of carbonyl (C=O) groups excluding carboxylic acids is 1. The van der Waals surface area contributed by atoms with Crippen LogP contribution in [0, 0.1) is 6.92 Å². The molecule has 0 saturated carbocycles. The van der Waals surface area contributed by atoms with E-state index in [1.165, 1.54) is 0 Å². The SMILES string of the molecule is Cc1cccc(OCC(O)CNCCC(=O)NC(C)C)c1. The van der Waals surface area contributed by atoms with Gasteiger partial charge in [0.2, 0.25) is 5.91 Å². The second kappa shape index (κ2) is 9.37. The van der Waals surface area contributed by atoms with Gasteiger partial charge in [0.15, 0.2) is 0 Å². The predicted octanol–water partition coefficient (Wildman–Crippen LogP) is 1.24. The molecule has 1 atom stereocenters. The van der Waals surface area contributed by atoms with Crippen molar-refractivity contribution in [3.05, 3.63) is 29.8 Å². The second-order valence-electron chi connectivity index (χ2n) is 5.46. The first-order chi connectivity index (χ1) is 9.97. The number of aryl methyl sites for hydroxylation is 1. The molecule has 3 N–H and O–H groups in total. The molecule has 21 heavy (non-hydrogen) atoms. The van der Waals surface area contributed by atoms with Gasteiger partial charge in [-0.3, -0.25) is 4.79 Å². The summed E-state index contributed by atoms with van der Waals surface area (Å²) in [4.78, 5) is 11.4. The first kappa shape index (κ1) is 17.5. The van der Waals surface area contributed by atoms with Crippen LogP contribution in [-0.4, -0.2) is 42.9 Å². The highest BCUT2D eigenvalue weighted by atomic mass is 16.5. The molecule has 0 aromatic heterocycles. The summed E-state index contributed by atoms with van der Waals surface area (Å²) in [5, 5.41) is 15.7. The third-order valence-corrected chi connectivity index (χ3v) is 2.79. The zero-order valence-electron chi connectivity index (χ0n) is 13.1. The molecule has 1 unspecified atom stereocenters. The Kier molecular flexibility index (Phi) is 7.79. The van der Waals surface area contributed by atoms with Gasteiger partial charge in [0.25, 0.3) is 0 Å². The molecule has 0 aliphatic carbocycles. The van der Waals surface area contributed by atoms with Crippen LogP contribution in [0.5, 0.6) is 5.75 Å². The summed E-state index contributed by atoms with van der Waals surface area (Å²) in [5.74, 6) is 0.772. The van der Waals surface area contributed by atoms with Gasteiger partial charge in [-0.05, 0) is 38.5 Å². The fourth-order valence-electron chi connectivity index (χ4n) is 1.82. The van der Waals surface area contributed by atoms with Crippen molar-refractivity contribution in [2.45, 2.75) is 39.3 Å². The molecule has 0 aliphatic heterocycles. The zero-order valence-corrected chi connectivity index (χ0v) is 13.1. The summed E-state index contributed by atoms with van der Waals surface area (Å²) in [6.07, 6.45) is -0.192. The van der Waals surface area contributed by atoms with Crippen molar-refractivity contribution in [1.82, 2.24) is 10.6 Å². The molecular weight excluding hydrogens is 268 g/mol. The van der Waals surface area contributed by atoms with Crippen LogP contribution in [0.2, 0.25) is 0 Å². The smallest absolute Gasteiger partial charge is 0.221 e. The largest absolute Gasteiger partial charge is 0.491 e. The van der Waals surface area contributed by atoms with E-state index in [9.17, 15) is 9.90 Å². The number of benzene rings is 1. The van der Waals surface area contributed by atoms with Crippen molar-refractivity contribution in [3.8, 4) is 5.75 Å². The van der Waals surface area contributed by atoms with Crippen molar-refractivity contribution in [2.24, 2.45) is 0 Å². The van der Waals surface area contributed by atoms with E-state index in [0.29, 0.717) is 19.5 Å². The minimum Gasteiger partial charge on any atom is -0.491 e. The fourth-order valence-corrected chi connectivity index (χ4v) is 1.82. The Balaban J connectivity index is 2.11. The van der Waals surface area contributed by atoms with E-state index in [1.54, 1.807) is 0 Å². The second-order valence-corrected chi connectivity index (χ2v) is 5.46. The van der Waals surface area contributed by atoms with E-state index < -0.39 is 6.10 Å². The van der Waals surface area contributed by atoms with Gasteiger partial charge in [0.1, 0.15) is 18.5 Å². The molecule has 118 valence electrons. The van der Waals surface area contributed by atoms with Gasteiger partial charge in [0.05, 0.1) is 0 Å². The molecule has 0 saturated heterocycles. The van der Waals surface area contributed by atoms with Gasteiger partial charge in [0, 0.05) is 25.6 Å². The zero-order chi connectivity index (χ0) is 15.7. The molecule has 5 heteroatoms. The number of aliphatic hydroxyl groups excluding tert-OH is 1. The van der Waals surface area contributed by atoms with E-state index in [-0.39, 0.29) is 18.6 Å². The van der Waals surface area contributed by atoms with Crippen molar-refractivity contribution >= 4 is 5.91 Å². The van der Waals surface area contributed by atoms with Gasteiger partial charge < -0.3 is 20.5 Å². The molecule has 0 spiro atoms. The van der Waals surface area contributed by atoms with Crippen molar-refractivity contribution < 1.29 is 14.6 Å². The number of hydrogen-bond donors (Lipinski definition) is 3. The molecule has 1 amide bonds. The maximum Gasteiger partial charge on any atom is 0.221 e. The summed E-state index contributed by atoms with van der Waals surface area (Å²) < 4.78 is 5.51. The molecular formula is C16H26N2O3. The van der Waals surface area contributed by atoms with Crippen LogP contribution < -0.4 is 15.4 Å². The normalized spacial score (nSPS) is 12.2. The Labute approximate surface area is 126 Å². The number of carbonyl (C=O) groups is 1. The van der Waals surface area contributed by atoms with E-state index in [2.05, 4.69) is 10.6 Å². The molecule has 0 bridgehead atoms. The monoisotopic (exact) mass is 294 g/mol. The van der Waals surface area contributed by atoms with Crippen LogP contribution in [0.3, 0.4) is 0 Å². The standard InChI is InChI=1S/C16H26N2O3/c1-12(2)18-16(20)7-8-17-10-14(19)11-21-15-6-4-5-13(3)9-15/h4-6,9,12,14,17,19H,7-8,10-11H2,1-3H3,(H,18,20). The molecule has 1 aromatic carbocycles. The van der Waals surface area contributed by atoms with Crippen molar-refractivity contribution in [1.29, 1.82) is 0 Å². The molecule has 0 fully saturated rings. The Bertz CT molecular complexity index is 435. The Morgan fingerprint density at radius 1 is 1.38 bits per heavy atom. The van der Waals surface area contributed by atoms with Crippen LogP contribution in [0.15, 0.2) is 24.3 Å². The minimum atomic E-state index is -0.598. The van der Waals surface area contributed by atoms with E-state index >= 15 is 0 Å². The van der Waals surface area contributed by atoms with E-state index in [1.807, 2.05) is 45.0 Å². The van der Waals surface area contributed by atoms with Crippen molar-refractivity contribution in [2.75, 3.05) is 19.7 Å². The molecule has 0 heterocycles. The molecule has 1 rings (SSSR count). The number of nitrogens with one attached hydrogen (secondary N) is 2. The van der Waals surface area contributed by atoms with E-state index in [0.717, 1.165) is 11.3 Å². The highest BCUT2D eigenvalue weighted by Gasteiger charge is 2.06. The summed E-state index contributed by atoms with van der Waals surface area (Å²) in [7, 11) is 0. The summed E-state index contributed by atoms with van der Waals surface area (Å²) in [6, 6.07) is 7.86. The van der Waals surface area contributed by atoms with Crippen LogP contribution in [0.4, 0.5) is 0 Å². The summed E-state index contributed by atoms with van der Waals surface area (Å²) in [6.45, 7) is 7.03. The van der Waals surface area contributed by atoms with Crippen molar-refractivity contribution in [3.63, 3.8) is 0 Å².